The highest BCUT2D eigenvalue weighted by atomic mass is 16.7. The summed E-state index contributed by atoms with van der Waals surface area (Å²) in [6.45, 7) is -2.22. The van der Waals surface area contributed by atoms with Gasteiger partial charge in [-0.3, -0.25) is 0 Å². The first-order valence-corrected chi connectivity index (χ1v) is 16.4. The molecule has 0 radical (unpaired) electrons. The normalized spacial score (nSPS) is 30.1. The van der Waals surface area contributed by atoms with Crippen molar-refractivity contribution in [2.24, 2.45) is 0 Å². The number of methoxy groups -OCH3 is 4. The lowest BCUT2D eigenvalue weighted by Crippen LogP contribution is -2.59. The number of ether oxygens (including phenoxy) is 9. The molecule has 0 spiro atoms. The van der Waals surface area contributed by atoms with Crippen molar-refractivity contribution in [1.29, 1.82) is 0 Å². The van der Waals surface area contributed by atoms with Crippen molar-refractivity contribution in [3.63, 3.8) is 0 Å². The van der Waals surface area contributed by atoms with Gasteiger partial charge in [0, 0.05) is 0 Å². The van der Waals surface area contributed by atoms with Crippen molar-refractivity contribution in [3.8, 4) is 34.5 Å². The summed E-state index contributed by atoms with van der Waals surface area (Å²) in [5.74, 6) is -0.240. The first-order valence-electron chi connectivity index (χ1n) is 16.4. The fraction of sp³-hybridized carbons (Fsp3) is 0.588. The maximum atomic E-state index is 10.8. The van der Waals surface area contributed by atoms with E-state index < -0.39 is 93.4 Å². The topological polar surface area (TPSA) is 285 Å². The van der Waals surface area contributed by atoms with E-state index in [-0.39, 0.29) is 46.7 Å². The second-order valence-electron chi connectivity index (χ2n) is 12.1. The summed E-state index contributed by atoms with van der Waals surface area (Å²) in [6.07, 6.45) is -15.1. The van der Waals surface area contributed by atoms with Gasteiger partial charge in [-0.15, -0.1) is 0 Å². The lowest BCUT2D eigenvalue weighted by Gasteiger charge is -2.41. The Kier molecular flexibility index (Phi) is 15.3. The minimum atomic E-state index is -1.82. The molecule has 298 valence electrons. The Morgan fingerprint density at radius 3 is 1.62 bits per heavy atom. The minimum absolute atomic E-state index is 0.0103. The van der Waals surface area contributed by atoms with Gasteiger partial charge in [-0.25, -0.2) is 0 Å². The third-order valence-corrected chi connectivity index (χ3v) is 8.75. The number of benzene rings is 2. The van der Waals surface area contributed by atoms with Crippen LogP contribution < -0.4 is 23.7 Å². The molecule has 0 aromatic heterocycles. The number of phenolic OH excluding ortho intramolecular Hbond substituents is 1. The van der Waals surface area contributed by atoms with Crippen molar-refractivity contribution < 1.29 is 93.7 Å². The molecule has 12 unspecified atom stereocenters. The Balaban J connectivity index is 1.64. The highest BCUT2D eigenvalue weighted by molar-refractivity contribution is 5.62. The Labute approximate surface area is 304 Å². The Morgan fingerprint density at radius 2 is 1.15 bits per heavy atom. The highest BCUT2D eigenvalue weighted by Crippen LogP contribution is 2.44. The van der Waals surface area contributed by atoms with Crippen molar-refractivity contribution in [2.45, 2.75) is 73.6 Å². The van der Waals surface area contributed by atoms with Crippen molar-refractivity contribution >= 4 is 6.08 Å². The zero-order valence-electron chi connectivity index (χ0n) is 29.4. The molecule has 2 saturated heterocycles. The first-order chi connectivity index (χ1) is 25.4. The number of rotatable bonds is 17. The van der Waals surface area contributed by atoms with Crippen LogP contribution in [0.15, 0.2) is 30.3 Å². The summed E-state index contributed by atoms with van der Waals surface area (Å²) in [6, 6.07) is 5.81. The largest absolute Gasteiger partial charge is 0.502 e. The second-order valence-corrected chi connectivity index (χ2v) is 12.1. The van der Waals surface area contributed by atoms with Gasteiger partial charge in [0.05, 0.1) is 54.9 Å². The Morgan fingerprint density at radius 1 is 0.660 bits per heavy atom. The van der Waals surface area contributed by atoms with Crippen molar-refractivity contribution in [2.75, 3.05) is 54.9 Å². The van der Waals surface area contributed by atoms with E-state index >= 15 is 0 Å². The van der Waals surface area contributed by atoms with E-state index in [9.17, 15) is 51.1 Å². The number of aliphatic hydroxyl groups excluding tert-OH is 9. The van der Waals surface area contributed by atoms with Crippen LogP contribution in [0.3, 0.4) is 0 Å². The van der Waals surface area contributed by atoms with Gasteiger partial charge in [0.25, 0.3) is 0 Å². The predicted molar refractivity (Wildman–Crippen MR) is 179 cm³/mol. The summed E-state index contributed by atoms with van der Waals surface area (Å²) >= 11 is 0. The summed E-state index contributed by atoms with van der Waals surface area (Å²) in [7, 11) is 5.28. The van der Waals surface area contributed by atoms with Gasteiger partial charge in [-0.05, 0) is 35.4 Å². The van der Waals surface area contributed by atoms with E-state index in [4.69, 9.17) is 42.6 Å². The lowest BCUT2D eigenvalue weighted by molar-refractivity contribution is -0.318. The molecule has 12 atom stereocenters. The van der Waals surface area contributed by atoms with Crippen LogP contribution in [0.25, 0.3) is 6.08 Å². The summed E-state index contributed by atoms with van der Waals surface area (Å²) in [5.41, 5.74) is 0.676. The molecule has 2 aliphatic rings. The van der Waals surface area contributed by atoms with Crippen LogP contribution in [0, 0.1) is 0 Å². The summed E-state index contributed by atoms with van der Waals surface area (Å²) in [5, 5.41) is 102. The molecular formula is C34H48O19. The fourth-order valence-corrected chi connectivity index (χ4v) is 5.78. The molecule has 2 heterocycles. The number of aliphatic hydroxyl groups is 9. The van der Waals surface area contributed by atoms with Crippen LogP contribution in [0.5, 0.6) is 34.5 Å². The van der Waals surface area contributed by atoms with E-state index in [1.165, 1.54) is 40.6 Å². The monoisotopic (exact) mass is 760 g/mol. The predicted octanol–water partition coefficient (Wildman–Crippen LogP) is -2.45. The quantitative estimate of drug-likeness (QED) is 0.0801. The van der Waals surface area contributed by atoms with Crippen LogP contribution in [0.4, 0.5) is 0 Å². The van der Waals surface area contributed by atoms with Crippen LogP contribution in [-0.2, 0) is 18.9 Å². The molecule has 0 bridgehead atoms. The molecule has 4 rings (SSSR count). The number of aromatic hydroxyl groups is 1. The molecule has 10 N–H and O–H groups in total. The van der Waals surface area contributed by atoms with Gasteiger partial charge in [-0.1, -0.05) is 12.2 Å². The van der Waals surface area contributed by atoms with Crippen molar-refractivity contribution in [1.82, 2.24) is 0 Å². The smallest absolute Gasteiger partial charge is 0.204 e. The second kappa shape index (κ2) is 19.2. The van der Waals surface area contributed by atoms with E-state index in [1.54, 1.807) is 24.3 Å². The Bertz CT molecular complexity index is 1440. The van der Waals surface area contributed by atoms with Crippen LogP contribution in [-0.4, -0.2) is 173 Å². The van der Waals surface area contributed by atoms with Gasteiger partial charge < -0.3 is 93.7 Å². The van der Waals surface area contributed by atoms with E-state index in [0.29, 0.717) is 5.56 Å². The zero-order chi connectivity index (χ0) is 39.0. The molecule has 2 aromatic rings. The molecular weight excluding hydrogens is 712 g/mol. The summed E-state index contributed by atoms with van der Waals surface area (Å²) in [4.78, 5) is 0. The number of hydrogen-bond acceptors (Lipinski definition) is 19. The zero-order valence-corrected chi connectivity index (χ0v) is 29.4. The third-order valence-electron chi connectivity index (χ3n) is 8.75. The number of hydrogen-bond donors (Lipinski definition) is 10. The van der Waals surface area contributed by atoms with E-state index in [1.807, 2.05) is 0 Å². The maximum Gasteiger partial charge on any atom is 0.204 e. The van der Waals surface area contributed by atoms with Crippen molar-refractivity contribution in [3.05, 3.63) is 41.5 Å². The third kappa shape index (κ3) is 9.41. The molecule has 19 heteroatoms. The van der Waals surface area contributed by atoms with E-state index in [2.05, 4.69) is 0 Å². The molecule has 53 heavy (non-hydrogen) atoms. The SMILES string of the molecule is COc1cc(C(OC2OC(CO)C(O)C(O)C2O)C(CO)Oc2c(OC)cc(C=CCOC3OC(CO)C(O)C(O)C3O)cc2OC)cc(OC)c1O. The molecule has 2 fully saturated rings. The molecule has 2 aromatic carbocycles. The molecule has 2 aliphatic heterocycles. The van der Waals surface area contributed by atoms with Gasteiger partial charge in [0.2, 0.25) is 11.5 Å². The fourth-order valence-electron chi connectivity index (χ4n) is 5.78. The van der Waals surface area contributed by atoms with Crippen LogP contribution in [0.1, 0.15) is 17.2 Å². The summed E-state index contributed by atoms with van der Waals surface area (Å²) < 4.78 is 50.5. The van der Waals surface area contributed by atoms with Gasteiger partial charge in [-0.2, -0.15) is 0 Å². The number of phenols is 1. The average molecular weight is 761 g/mol. The van der Waals surface area contributed by atoms with Gasteiger partial charge >= 0.3 is 0 Å². The first kappa shape index (κ1) is 42.2. The van der Waals surface area contributed by atoms with Gasteiger partial charge in [0.1, 0.15) is 54.9 Å². The maximum absolute atomic E-state index is 10.8. The Hall–Kier alpha value is -3.54. The molecule has 0 aliphatic carbocycles. The average Bonchev–Trinajstić information content (AvgIpc) is 3.17. The van der Waals surface area contributed by atoms with Gasteiger partial charge in [0.15, 0.2) is 41.7 Å². The van der Waals surface area contributed by atoms with E-state index in [0.717, 1.165) is 0 Å². The lowest BCUT2D eigenvalue weighted by atomic mass is 9.98. The molecule has 0 saturated carbocycles. The van der Waals surface area contributed by atoms with Crippen LogP contribution >= 0.6 is 0 Å². The van der Waals surface area contributed by atoms with Crippen LogP contribution in [0.2, 0.25) is 0 Å². The minimum Gasteiger partial charge on any atom is -0.502 e. The molecule has 19 nitrogen and oxygen atoms in total. The molecule has 0 amide bonds. The standard InChI is InChI=1S/C34H48O19/c1-45-17-10-16(11-18(46-2)24(17)38)31(53-34-30(44)28(42)26(40)22(13-36)52-34)23(14-37)50-32-19(47-3)8-15(9-20(32)48-4)6-5-7-49-33-29(43)27(41)25(39)21(12-35)51-33/h5-6,8-11,21-23,25-31,33-44H,7,12-14H2,1-4H3. The highest BCUT2D eigenvalue weighted by Gasteiger charge is 2.47.